The maximum Gasteiger partial charge on any atom is 0.434 e. The van der Waals surface area contributed by atoms with Crippen molar-refractivity contribution in [1.82, 2.24) is 19.5 Å². The van der Waals surface area contributed by atoms with Crippen LogP contribution in [-0.4, -0.2) is 19.5 Å². The summed E-state index contributed by atoms with van der Waals surface area (Å²) in [5.74, 6) is -0.312. The Hall–Kier alpha value is -3.20. The number of benzene rings is 2. The van der Waals surface area contributed by atoms with Gasteiger partial charge in [-0.05, 0) is 43.1 Å². The van der Waals surface area contributed by atoms with Crippen LogP contribution in [0.3, 0.4) is 0 Å². The molecule has 0 N–H and O–H groups in total. The van der Waals surface area contributed by atoms with Gasteiger partial charge in [-0.25, -0.2) is 14.4 Å². The third-order valence-electron chi connectivity index (χ3n) is 4.78. The van der Waals surface area contributed by atoms with Crippen molar-refractivity contribution in [2.24, 2.45) is 0 Å². The van der Waals surface area contributed by atoms with Crippen LogP contribution < -0.4 is 4.74 Å². The van der Waals surface area contributed by atoms with E-state index >= 15 is 0 Å². The molecular formula is C22H17ClF4N4O. The van der Waals surface area contributed by atoms with Gasteiger partial charge in [0.2, 0.25) is 11.2 Å². The van der Waals surface area contributed by atoms with E-state index < -0.39 is 17.7 Å². The summed E-state index contributed by atoms with van der Waals surface area (Å²) in [6.45, 7) is 3.61. The van der Waals surface area contributed by atoms with Crippen LogP contribution in [0.15, 0.2) is 48.7 Å². The highest BCUT2D eigenvalue weighted by atomic mass is 35.5. The van der Waals surface area contributed by atoms with Gasteiger partial charge in [0.05, 0.1) is 10.9 Å². The highest BCUT2D eigenvalue weighted by molar-refractivity contribution is 6.28. The minimum absolute atomic E-state index is 0.00680. The van der Waals surface area contributed by atoms with Gasteiger partial charge in [0.15, 0.2) is 5.69 Å². The van der Waals surface area contributed by atoms with Crippen molar-refractivity contribution < 1.29 is 22.3 Å². The van der Waals surface area contributed by atoms with Crippen LogP contribution in [0.5, 0.6) is 5.88 Å². The standard InChI is InChI=1S/C22H17ClF4N4O/c1-12(2)31-10-17(22(25,26)27)29-19(31)14-8-6-13(7-9-14)11-32-20-18-15(24)4-3-5-16(18)28-21(23)30-20/h3-10,12H,11H2,1-2H3. The lowest BCUT2D eigenvalue weighted by Crippen LogP contribution is -2.05. The number of ether oxygens (including phenoxy) is 1. The third-order valence-corrected chi connectivity index (χ3v) is 4.95. The van der Waals surface area contributed by atoms with Gasteiger partial charge >= 0.3 is 6.18 Å². The summed E-state index contributed by atoms with van der Waals surface area (Å²) in [6.07, 6.45) is -3.52. The second kappa shape index (κ2) is 8.38. The molecule has 4 rings (SSSR count). The fourth-order valence-electron chi connectivity index (χ4n) is 3.23. The summed E-state index contributed by atoms with van der Waals surface area (Å²) in [7, 11) is 0. The first-order chi connectivity index (χ1) is 15.1. The number of imidazole rings is 1. The lowest BCUT2D eigenvalue weighted by molar-refractivity contribution is -0.140. The highest BCUT2D eigenvalue weighted by Gasteiger charge is 2.35. The van der Waals surface area contributed by atoms with Crippen molar-refractivity contribution in [3.63, 3.8) is 0 Å². The summed E-state index contributed by atoms with van der Waals surface area (Å²) in [4.78, 5) is 11.7. The number of aromatic nitrogens is 4. The normalized spacial score (nSPS) is 12.0. The summed E-state index contributed by atoms with van der Waals surface area (Å²) in [6, 6.07) is 10.9. The fraction of sp³-hybridized carbons (Fsp3) is 0.227. The van der Waals surface area contributed by atoms with E-state index in [4.69, 9.17) is 16.3 Å². The van der Waals surface area contributed by atoms with Crippen molar-refractivity contribution in [3.8, 4) is 17.3 Å². The lowest BCUT2D eigenvalue weighted by Gasteiger charge is -2.12. The van der Waals surface area contributed by atoms with E-state index in [1.807, 2.05) is 0 Å². The first-order valence-electron chi connectivity index (χ1n) is 9.63. The zero-order valence-corrected chi connectivity index (χ0v) is 17.7. The highest BCUT2D eigenvalue weighted by Crippen LogP contribution is 2.33. The molecule has 0 aliphatic rings. The Labute approximate surface area is 185 Å². The van der Waals surface area contributed by atoms with E-state index in [0.29, 0.717) is 16.6 Å². The molecule has 0 aliphatic carbocycles. The van der Waals surface area contributed by atoms with E-state index in [1.54, 1.807) is 44.2 Å². The second-order valence-corrected chi connectivity index (χ2v) is 7.70. The molecule has 0 saturated heterocycles. The summed E-state index contributed by atoms with van der Waals surface area (Å²) >= 11 is 5.91. The molecule has 32 heavy (non-hydrogen) atoms. The van der Waals surface area contributed by atoms with Crippen molar-refractivity contribution in [1.29, 1.82) is 0 Å². The smallest absolute Gasteiger partial charge is 0.434 e. The van der Waals surface area contributed by atoms with E-state index in [1.165, 1.54) is 16.7 Å². The van der Waals surface area contributed by atoms with Crippen molar-refractivity contribution in [2.75, 3.05) is 0 Å². The van der Waals surface area contributed by atoms with Gasteiger partial charge in [-0.3, -0.25) is 0 Å². The first-order valence-corrected chi connectivity index (χ1v) is 10.0. The van der Waals surface area contributed by atoms with Gasteiger partial charge in [-0.15, -0.1) is 0 Å². The van der Waals surface area contributed by atoms with E-state index in [9.17, 15) is 17.6 Å². The van der Waals surface area contributed by atoms with Crippen LogP contribution in [0.4, 0.5) is 17.6 Å². The number of hydrogen-bond acceptors (Lipinski definition) is 4. The average Bonchev–Trinajstić information content (AvgIpc) is 3.19. The topological polar surface area (TPSA) is 52.8 Å². The molecule has 166 valence electrons. The molecule has 2 aromatic heterocycles. The molecule has 0 fully saturated rings. The molecule has 5 nitrogen and oxygen atoms in total. The van der Waals surface area contributed by atoms with Crippen molar-refractivity contribution >= 4 is 22.5 Å². The van der Waals surface area contributed by atoms with Gasteiger partial charge in [0.1, 0.15) is 18.2 Å². The molecule has 0 atom stereocenters. The van der Waals surface area contributed by atoms with Crippen LogP contribution in [0.25, 0.3) is 22.3 Å². The molecule has 10 heteroatoms. The van der Waals surface area contributed by atoms with Crippen LogP contribution in [0.2, 0.25) is 5.28 Å². The third kappa shape index (κ3) is 4.38. The van der Waals surface area contributed by atoms with Gasteiger partial charge in [0, 0.05) is 17.8 Å². The minimum atomic E-state index is -4.53. The molecule has 4 aromatic rings. The number of alkyl halides is 3. The first kappa shape index (κ1) is 22.0. The number of halogens is 5. The lowest BCUT2D eigenvalue weighted by atomic mass is 10.1. The van der Waals surface area contributed by atoms with Gasteiger partial charge in [0.25, 0.3) is 0 Å². The Balaban J connectivity index is 1.59. The zero-order valence-electron chi connectivity index (χ0n) is 17.0. The number of nitrogens with zero attached hydrogens (tertiary/aromatic N) is 4. The van der Waals surface area contributed by atoms with E-state index in [-0.39, 0.29) is 35.0 Å². The largest absolute Gasteiger partial charge is 0.472 e. The Morgan fingerprint density at radius 1 is 1.03 bits per heavy atom. The predicted molar refractivity (Wildman–Crippen MR) is 112 cm³/mol. The number of hydrogen-bond donors (Lipinski definition) is 0. The molecule has 0 amide bonds. The molecule has 0 aliphatic heterocycles. The minimum Gasteiger partial charge on any atom is -0.472 e. The van der Waals surface area contributed by atoms with E-state index in [0.717, 1.165) is 6.20 Å². The molecule has 2 aromatic carbocycles. The molecule has 0 saturated carbocycles. The van der Waals surface area contributed by atoms with Crippen LogP contribution >= 0.6 is 11.6 Å². The molecule has 0 spiro atoms. The van der Waals surface area contributed by atoms with Crippen molar-refractivity contribution in [3.05, 3.63) is 71.0 Å². The summed E-state index contributed by atoms with van der Waals surface area (Å²) in [5.41, 5.74) is 0.602. The van der Waals surface area contributed by atoms with Crippen LogP contribution in [-0.2, 0) is 12.8 Å². The molecular weight excluding hydrogens is 448 g/mol. The summed E-state index contributed by atoms with van der Waals surface area (Å²) < 4.78 is 60.7. The predicted octanol–water partition coefficient (Wildman–Crippen LogP) is 6.46. The SMILES string of the molecule is CC(C)n1cc(C(F)(F)F)nc1-c1ccc(COc2nc(Cl)nc3cccc(F)c23)cc1. The average molecular weight is 465 g/mol. The van der Waals surface area contributed by atoms with Gasteiger partial charge in [-0.1, -0.05) is 30.3 Å². The van der Waals surface area contributed by atoms with Gasteiger partial charge < -0.3 is 9.30 Å². The Morgan fingerprint density at radius 2 is 1.75 bits per heavy atom. The molecule has 0 unspecified atom stereocenters. The Morgan fingerprint density at radius 3 is 2.41 bits per heavy atom. The number of fused-ring (bicyclic) bond motifs is 1. The zero-order chi connectivity index (χ0) is 23.0. The molecule has 0 bridgehead atoms. The maximum absolute atomic E-state index is 14.2. The van der Waals surface area contributed by atoms with Crippen LogP contribution in [0.1, 0.15) is 31.1 Å². The number of rotatable bonds is 5. The second-order valence-electron chi connectivity index (χ2n) is 7.37. The van der Waals surface area contributed by atoms with Crippen LogP contribution in [0, 0.1) is 5.82 Å². The Bertz CT molecular complexity index is 1270. The van der Waals surface area contributed by atoms with Gasteiger partial charge in [-0.2, -0.15) is 18.2 Å². The van der Waals surface area contributed by atoms with Crippen molar-refractivity contribution in [2.45, 2.75) is 32.7 Å². The summed E-state index contributed by atoms with van der Waals surface area (Å²) in [5, 5.41) is 0.0431. The monoisotopic (exact) mass is 464 g/mol. The molecule has 0 radical (unpaired) electrons. The fourth-order valence-corrected chi connectivity index (χ4v) is 3.39. The maximum atomic E-state index is 14.2. The van der Waals surface area contributed by atoms with E-state index in [2.05, 4.69) is 15.0 Å². The quantitative estimate of drug-likeness (QED) is 0.251. The molecule has 2 heterocycles. The Kier molecular flexibility index (Phi) is 5.77.